The van der Waals surface area contributed by atoms with Crippen LogP contribution in [0, 0.1) is 0 Å². The highest BCUT2D eigenvalue weighted by molar-refractivity contribution is 7.85. The van der Waals surface area contributed by atoms with Gasteiger partial charge < -0.3 is 4.74 Å². The Hall–Kier alpha value is -0.780. The van der Waals surface area contributed by atoms with Crippen molar-refractivity contribution in [1.29, 1.82) is 0 Å². The maximum atomic E-state index is 10.5. The maximum absolute atomic E-state index is 10.5. The predicted octanol–water partition coefficient (Wildman–Crippen LogP) is 1.50. The Morgan fingerprint density at radius 2 is 1.79 bits per heavy atom. The minimum atomic E-state index is -3.94. The normalized spacial score (nSPS) is 10.4. The highest BCUT2D eigenvalue weighted by Gasteiger charge is 2.05. The predicted molar refractivity (Wildman–Crippen MR) is 55.5 cm³/mol. The lowest BCUT2D eigenvalue weighted by Gasteiger charge is -2.00. The van der Waals surface area contributed by atoms with Crippen LogP contribution in [0.5, 0.6) is 5.75 Å². The molecule has 1 rings (SSSR count). The van der Waals surface area contributed by atoms with Crippen LogP contribution in [0.25, 0.3) is 0 Å². The summed E-state index contributed by atoms with van der Waals surface area (Å²) < 4.78 is 34.4. The molecular weight excluding hydrogens is 228 g/mol. The van der Waals surface area contributed by atoms with Crippen LogP contribution in [0.2, 0.25) is 0 Å². The Balaban J connectivity index is 0.00000169. The van der Waals surface area contributed by atoms with Crippen LogP contribution >= 0.6 is 12.4 Å². The van der Waals surface area contributed by atoms with Gasteiger partial charge in [0.25, 0.3) is 10.1 Å². The summed E-state index contributed by atoms with van der Waals surface area (Å²) in [6, 6.07) is 6.46. The van der Waals surface area contributed by atoms with Gasteiger partial charge >= 0.3 is 0 Å². The molecule has 0 saturated carbocycles. The van der Waals surface area contributed by atoms with Gasteiger partial charge in [0.2, 0.25) is 0 Å². The van der Waals surface area contributed by atoms with E-state index in [-0.39, 0.29) is 18.2 Å². The van der Waals surface area contributed by atoms with Gasteiger partial charge in [0.1, 0.15) is 11.5 Å². The summed E-state index contributed by atoms with van der Waals surface area (Å²) in [5.41, 5.74) is 0.531. The van der Waals surface area contributed by atoms with E-state index in [0.29, 0.717) is 11.3 Å². The highest BCUT2D eigenvalue weighted by Crippen LogP contribution is 2.12. The van der Waals surface area contributed by atoms with Crippen LogP contribution in [0.3, 0.4) is 0 Å². The second-order valence-electron chi connectivity index (χ2n) is 2.57. The largest absolute Gasteiger partial charge is 0.497 e. The van der Waals surface area contributed by atoms with E-state index in [9.17, 15) is 8.42 Å². The zero-order chi connectivity index (χ0) is 9.90. The fourth-order valence-electron chi connectivity index (χ4n) is 0.932. The molecule has 14 heavy (non-hydrogen) atoms. The fourth-order valence-corrected chi connectivity index (χ4v) is 1.55. The molecule has 0 saturated heterocycles. The van der Waals surface area contributed by atoms with Gasteiger partial charge in [-0.3, -0.25) is 4.55 Å². The summed E-state index contributed by atoms with van der Waals surface area (Å²) in [6.07, 6.45) is 0. The minimum Gasteiger partial charge on any atom is -0.497 e. The first-order chi connectivity index (χ1) is 6.01. The fraction of sp³-hybridized carbons (Fsp3) is 0.250. The average Bonchev–Trinajstić information content (AvgIpc) is 2.03. The molecule has 0 aliphatic rings. The Labute approximate surface area is 89.1 Å². The molecule has 1 aromatic rings. The molecule has 0 atom stereocenters. The van der Waals surface area contributed by atoms with Crippen molar-refractivity contribution >= 4 is 22.5 Å². The number of halogens is 1. The molecule has 0 aliphatic carbocycles. The summed E-state index contributed by atoms with van der Waals surface area (Å²) in [7, 11) is -2.41. The molecular formula is C8H11ClO4S. The summed E-state index contributed by atoms with van der Waals surface area (Å²) in [5.74, 6) is 0.288. The van der Waals surface area contributed by atoms with Crippen molar-refractivity contribution in [2.75, 3.05) is 7.11 Å². The number of benzene rings is 1. The molecule has 0 heterocycles. The number of hydrogen-bond donors (Lipinski definition) is 1. The highest BCUT2D eigenvalue weighted by atomic mass is 35.5. The minimum absolute atomic E-state index is 0. The van der Waals surface area contributed by atoms with Gasteiger partial charge in [-0.1, -0.05) is 12.1 Å². The lowest BCUT2D eigenvalue weighted by atomic mass is 10.2. The summed E-state index contributed by atoms with van der Waals surface area (Å²) >= 11 is 0. The molecule has 80 valence electrons. The molecule has 4 nitrogen and oxygen atoms in total. The van der Waals surface area contributed by atoms with Crippen molar-refractivity contribution in [2.45, 2.75) is 5.75 Å². The van der Waals surface area contributed by atoms with E-state index < -0.39 is 10.1 Å². The summed E-state index contributed by atoms with van der Waals surface area (Å²) in [4.78, 5) is 0. The maximum Gasteiger partial charge on any atom is 0.269 e. The quantitative estimate of drug-likeness (QED) is 0.811. The lowest BCUT2D eigenvalue weighted by molar-refractivity contribution is 0.414. The van der Waals surface area contributed by atoms with E-state index in [0.717, 1.165) is 0 Å². The molecule has 0 fully saturated rings. The molecule has 6 heteroatoms. The molecule has 1 N–H and O–H groups in total. The van der Waals surface area contributed by atoms with Gasteiger partial charge in [-0.15, -0.1) is 12.4 Å². The second kappa shape index (κ2) is 5.19. The molecule has 0 spiro atoms. The Morgan fingerprint density at radius 3 is 2.14 bits per heavy atom. The van der Waals surface area contributed by atoms with Crippen molar-refractivity contribution in [3.8, 4) is 5.75 Å². The third kappa shape index (κ3) is 4.45. The van der Waals surface area contributed by atoms with Gasteiger partial charge in [0.05, 0.1) is 7.11 Å². The van der Waals surface area contributed by atoms with Crippen molar-refractivity contribution in [2.24, 2.45) is 0 Å². The summed E-state index contributed by atoms with van der Waals surface area (Å²) in [6.45, 7) is 0. The molecule has 0 amide bonds. The molecule has 0 aliphatic heterocycles. The van der Waals surface area contributed by atoms with Crippen LogP contribution < -0.4 is 4.74 Å². The average molecular weight is 239 g/mol. The SMILES string of the molecule is COc1ccc(CS(=O)(=O)O)cc1.Cl. The molecule has 1 aromatic carbocycles. The Morgan fingerprint density at radius 1 is 1.29 bits per heavy atom. The number of hydrogen-bond acceptors (Lipinski definition) is 3. The van der Waals surface area contributed by atoms with Crippen LogP contribution in [0.1, 0.15) is 5.56 Å². The van der Waals surface area contributed by atoms with Crippen molar-refractivity contribution in [1.82, 2.24) is 0 Å². The van der Waals surface area contributed by atoms with E-state index in [1.165, 1.54) is 7.11 Å². The van der Waals surface area contributed by atoms with Gasteiger partial charge in [-0.2, -0.15) is 8.42 Å². The smallest absolute Gasteiger partial charge is 0.269 e. The zero-order valence-electron chi connectivity index (χ0n) is 7.50. The molecule has 0 aromatic heterocycles. The standard InChI is InChI=1S/C8H10O4S.ClH/c1-12-8-4-2-7(3-5-8)6-13(9,10)11;/h2-5H,6H2,1H3,(H,9,10,11);1H. The number of rotatable bonds is 3. The van der Waals surface area contributed by atoms with Crippen molar-refractivity contribution < 1.29 is 17.7 Å². The third-order valence-corrected chi connectivity index (χ3v) is 2.21. The van der Waals surface area contributed by atoms with E-state index in [1.54, 1.807) is 24.3 Å². The molecule has 0 bridgehead atoms. The first-order valence-electron chi connectivity index (χ1n) is 3.59. The van der Waals surface area contributed by atoms with Crippen LogP contribution in [0.4, 0.5) is 0 Å². The van der Waals surface area contributed by atoms with Gasteiger partial charge in [-0.25, -0.2) is 0 Å². The Kier molecular flexibility index (Phi) is 4.90. The van der Waals surface area contributed by atoms with E-state index >= 15 is 0 Å². The van der Waals surface area contributed by atoms with Gasteiger partial charge in [0.15, 0.2) is 0 Å². The molecule has 0 unspecified atom stereocenters. The van der Waals surface area contributed by atoms with Crippen LogP contribution in [-0.2, 0) is 15.9 Å². The van der Waals surface area contributed by atoms with E-state index in [4.69, 9.17) is 9.29 Å². The zero-order valence-corrected chi connectivity index (χ0v) is 9.14. The Bertz CT molecular complexity index is 371. The van der Waals surface area contributed by atoms with Crippen molar-refractivity contribution in [3.63, 3.8) is 0 Å². The van der Waals surface area contributed by atoms with E-state index in [1.807, 2.05) is 0 Å². The van der Waals surface area contributed by atoms with Gasteiger partial charge in [0, 0.05) is 0 Å². The number of methoxy groups -OCH3 is 1. The monoisotopic (exact) mass is 238 g/mol. The van der Waals surface area contributed by atoms with Crippen molar-refractivity contribution in [3.05, 3.63) is 29.8 Å². The second-order valence-corrected chi connectivity index (χ2v) is 4.03. The first kappa shape index (κ1) is 13.2. The van der Waals surface area contributed by atoms with Crippen LogP contribution in [0.15, 0.2) is 24.3 Å². The van der Waals surface area contributed by atoms with E-state index in [2.05, 4.69) is 0 Å². The first-order valence-corrected chi connectivity index (χ1v) is 5.20. The third-order valence-electron chi connectivity index (χ3n) is 1.51. The summed E-state index contributed by atoms with van der Waals surface area (Å²) in [5, 5.41) is 0. The number of ether oxygens (including phenoxy) is 1. The van der Waals surface area contributed by atoms with Crippen LogP contribution in [-0.4, -0.2) is 20.1 Å². The topological polar surface area (TPSA) is 63.6 Å². The molecule has 0 radical (unpaired) electrons. The van der Waals surface area contributed by atoms with Gasteiger partial charge in [-0.05, 0) is 17.7 Å². The lowest BCUT2D eigenvalue weighted by Crippen LogP contribution is -2.01.